The fourth-order valence-corrected chi connectivity index (χ4v) is 7.96. The Hall–Kier alpha value is -5.32. The molecule has 1 aromatic heterocycles. The molecule has 1 aromatic carbocycles. The van der Waals surface area contributed by atoms with Crippen molar-refractivity contribution in [2.24, 2.45) is 0 Å². The summed E-state index contributed by atoms with van der Waals surface area (Å²) in [5.74, 6) is -2.16. The Morgan fingerprint density at radius 1 is 1.12 bits per heavy atom. The minimum absolute atomic E-state index is 0.0395. The minimum atomic E-state index is -0.957. The van der Waals surface area contributed by atoms with E-state index < -0.39 is 47.9 Å². The number of carbonyl (C=O) groups excluding carboxylic acids is 4. The predicted molar refractivity (Wildman–Crippen MR) is 177 cm³/mol. The van der Waals surface area contributed by atoms with Crippen LogP contribution in [0.5, 0.6) is 17.2 Å². The zero-order chi connectivity index (χ0) is 36.2. The first-order valence-corrected chi connectivity index (χ1v) is 16.2. The molecule has 5 atom stereocenters. The molecule has 3 aliphatic heterocycles. The number of rotatable bonds is 7. The van der Waals surface area contributed by atoms with Crippen molar-refractivity contribution in [3.05, 3.63) is 80.9 Å². The summed E-state index contributed by atoms with van der Waals surface area (Å²) < 4.78 is 23.0. The molecule has 0 radical (unpaired) electrons. The Labute approximate surface area is 289 Å². The number of pyridine rings is 1. The lowest BCUT2D eigenvalue weighted by molar-refractivity contribution is -0.144. The van der Waals surface area contributed by atoms with Gasteiger partial charge >= 0.3 is 11.9 Å². The normalized spacial score (nSPS) is 24.9. The van der Waals surface area contributed by atoms with Crippen molar-refractivity contribution in [2.75, 3.05) is 27.9 Å². The van der Waals surface area contributed by atoms with Crippen LogP contribution in [0.3, 0.4) is 0 Å². The highest BCUT2D eigenvalue weighted by Gasteiger charge is 2.59. The Kier molecular flexibility index (Phi) is 9.11. The van der Waals surface area contributed by atoms with Crippen molar-refractivity contribution in [1.82, 2.24) is 14.8 Å². The number of aromatic nitrogens is 1. The Balaban J connectivity index is 1.59. The molecule has 6 rings (SSSR count). The number of carbonyl (C=O) groups is 4. The van der Waals surface area contributed by atoms with Crippen molar-refractivity contribution < 1.29 is 43.2 Å². The van der Waals surface area contributed by atoms with E-state index >= 15 is 0 Å². The summed E-state index contributed by atoms with van der Waals surface area (Å²) in [4.78, 5) is 62.2. The number of hydrogen-bond acceptors (Lipinski definition) is 13. The fraction of sp³-hybridized carbons (Fsp3) is 0.405. The number of piperazine rings is 1. The summed E-state index contributed by atoms with van der Waals surface area (Å²) in [6.07, 6.45) is 4.70. The van der Waals surface area contributed by atoms with Crippen molar-refractivity contribution >= 4 is 23.5 Å². The van der Waals surface area contributed by atoms with E-state index in [9.17, 15) is 29.5 Å². The molecule has 13 heteroatoms. The molecule has 260 valence electrons. The van der Waals surface area contributed by atoms with E-state index in [1.165, 1.54) is 26.6 Å². The summed E-state index contributed by atoms with van der Waals surface area (Å²) in [5.41, 5.74) is 2.38. The molecule has 0 amide bonds. The Bertz CT molecular complexity index is 1960. The van der Waals surface area contributed by atoms with E-state index in [0.717, 1.165) is 0 Å². The van der Waals surface area contributed by atoms with Crippen LogP contribution in [0.1, 0.15) is 60.3 Å². The van der Waals surface area contributed by atoms with Gasteiger partial charge in [0.2, 0.25) is 5.78 Å². The maximum absolute atomic E-state index is 14.1. The first kappa shape index (κ1) is 34.5. The molecule has 1 N–H and O–H groups in total. The fourth-order valence-electron chi connectivity index (χ4n) is 7.96. The van der Waals surface area contributed by atoms with Crippen molar-refractivity contribution in [2.45, 2.75) is 70.7 Å². The van der Waals surface area contributed by atoms with Gasteiger partial charge in [0.1, 0.15) is 18.4 Å². The highest BCUT2D eigenvalue weighted by molar-refractivity contribution is 6.25. The number of allylic oxidation sites excluding steroid dienone is 3. The molecular formula is C37H38N4O9. The lowest BCUT2D eigenvalue weighted by Gasteiger charge is -2.60. The van der Waals surface area contributed by atoms with Crippen LogP contribution < -0.4 is 9.47 Å². The van der Waals surface area contributed by atoms with Crippen molar-refractivity contribution in [1.29, 1.82) is 5.26 Å². The SMILES string of the molecule is C/C=C(/C)C(=O)OC[C@H]1c2c(O)c(OC)c(C)c(OC(=O)c3cccnc3)c2C[C@H]2[C@H]3C4=C(C[C@H]([C@H](C#N)N12)N3C)C(=O)C(C)=C(OC)C4=O. The zero-order valence-electron chi connectivity index (χ0n) is 28.9. The monoisotopic (exact) mass is 682 g/mol. The van der Waals surface area contributed by atoms with Gasteiger partial charge < -0.3 is 24.1 Å². The van der Waals surface area contributed by atoms with E-state index in [4.69, 9.17) is 18.9 Å². The summed E-state index contributed by atoms with van der Waals surface area (Å²) in [7, 11) is 4.54. The number of phenols is 1. The van der Waals surface area contributed by atoms with Crippen LogP contribution in [0.25, 0.3) is 0 Å². The van der Waals surface area contributed by atoms with Gasteiger partial charge in [0.05, 0.1) is 37.9 Å². The van der Waals surface area contributed by atoms with Gasteiger partial charge in [-0.05, 0) is 59.7 Å². The molecule has 50 heavy (non-hydrogen) atoms. The lowest BCUT2D eigenvalue weighted by Crippen LogP contribution is -2.72. The summed E-state index contributed by atoms with van der Waals surface area (Å²) in [5, 5.41) is 22.7. The second-order valence-electron chi connectivity index (χ2n) is 12.8. The third-order valence-electron chi connectivity index (χ3n) is 10.5. The summed E-state index contributed by atoms with van der Waals surface area (Å²) >= 11 is 0. The van der Waals surface area contributed by atoms with Crippen LogP contribution in [0.4, 0.5) is 0 Å². The maximum atomic E-state index is 14.1. The molecule has 2 bridgehead atoms. The highest BCUT2D eigenvalue weighted by Crippen LogP contribution is 2.55. The molecule has 4 aliphatic rings. The van der Waals surface area contributed by atoms with Gasteiger partial charge in [-0.1, -0.05) is 6.08 Å². The van der Waals surface area contributed by atoms with E-state index in [1.807, 2.05) is 16.8 Å². The summed E-state index contributed by atoms with van der Waals surface area (Å²) in [6.45, 7) is 6.22. The molecule has 2 aromatic rings. The average Bonchev–Trinajstić information content (AvgIpc) is 3.11. The largest absolute Gasteiger partial charge is 0.504 e. The van der Waals surface area contributed by atoms with Gasteiger partial charge in [-0.25, -0.2) is 9.59 Å². The third kappa shape index (κ3) is 5.18. The second kappa shape index (κ2) is 13.2. The van der Waals surface area contributed by atoms with E-state index in [-0.39, 0.29) is 70.5 Å². The van der Waals surface area contributed by atoms with E-state index in [2.05, 4.69) is 11.1 Å². The predicted octanol–water partition coefficient (Wildman–Crippen LogP) is 3.45. The number of aromatic hydroxyl groups is 1. The lowest BCUT2D eigenvalue weighted by atomic mass is 9.69. The number of likely N-dealkylation sites (N-methyl/N-ethyl adjacent to an activating group) is 1. The third-order valence-corrected chi connectivity index (χ3v) is 10.5. The smallest absolute Gasteiger partial charge is 0.345 e. The van der Waals surface area contributed by atoms with Crippen LogP contribution >= 0.6 is 0 Å². The number of nitriles is 1. The molecule has 13 nitrogen and oxygen atoms in total. The number of nitrogens with zero attached hydrogens (tertiary/aromatic N) is 4. The first-order chi connectivity index (χ1) is 23.9. The number of esters is 2. The van der Waals surface area contributed by atoms with Crippen LogP contribution in [-0.2, 0) is 30.3 Å². The molecule has 4 heterocycles. The number of methoxy groups -OCH3 is 2. The Morgan fingerprint density at radius 3 is 2.48 bits per heavy atom. The van der Waals surface area contributed by atoms with E-state index in [0.29, 0.717) is 22.3 Å². The first-order valence-electron chi connectivity index (χ1n) is 16.2. The van der Waals surface area contributed by atoms with Gasteiger partial charge in [0.25, 0.3) is 0 Å². The van der Waals surface area contributed by atoms with Crippen LogP contribution in [0.15, 0.2) is 58.7 Å². The van der Waals surface area contributed by atoms with E-state index in [1.54, 1.807) is 45.9 Å². The Morgan fingerprint density at radius 2 is 1.86 bits per heavy atom. The standard InChI is InChI=1S/C37H38N4O9/c1-8-17(2)36(45)49-16-26-27-22(33(19(4)35(48-7)31(27)43)50-37(46)20-10-9-11-39-15-20)13-24-29-28-21(30(42)18(3)34(47-6)32(28)44)12-23(40(29)5)25(14-38)41(24)26/h8-11,15,23-26,29,43H,12-13,16H2,1-7H3/b17-8-/t23-,24+,25+,26+,29+/m1/s1. The van der Waals surface area contributed by atoms with Gasteiger partial charge in [-0.15, -0.1) is 0 Å². The maximum Gasteiger partial charge on any atom is 0.345 e. The van der Waals surface area contributed by atoms with Crippen LogP contribution in [0, 0.1) is 18.3 Å². The van der Waals surface area contributed by atoms with Crippen LogP contribution in [0.2, 0.25) is 0 Å². The number of hydrogen-bond donors (Lipinski definition) is 1. The molecule has 0 saturated carbocycles. The number of ether oxygens (including phenoxy) is 4. The highest BCUT2D eigenvalue weighted by atomic mass is 16.5. The van der Waals surface area contributed by atoms with Gasteiger partial charge in [0, 0.05) is 63.5 Å². The van der Waals surface area contributed by atoms with Crippen molar-refractivity contribution in [3.8, 4) is 23.3 Å². The van der Waals surface area contributed by atoms with Crippen LogP contribution in [-0.4, -0.2) is 95.4 Å². The molecule has 0 spiro atoms. The molecule has 0 unspecified atom stereocenters. The number of Topliss-reactive ketones (excluding diaryl/α,β-unsaturated/α-hetero) is 2. The zero-order valence-corrected chi connectivity index (χ0v) is 28.9. The number of benzene rings is 1. The second-order valence-corrected chi connectivity index (χ2v) is 12.8. The number of phenolic OH excluding ortho intramolecular Hbond substituents is 1. The molecular weight excluding hydrogens is 644 g/mol. The molecule has 1 saturated heterocycles. The molecule has 1 fully saturated rings. The topological polar surface area (TPSA) is 169 Å². The van der Waals surface area contributed by atoms with Gasteiger partial charge in [-0.3, -0.25) is 24.4 Å². The number of ketones is 2. The summed E-state index contributed by atoms with van der Waals surface area (Å²) in [6, 6.07) is 1.79. The quantitative estimate of drug-likeness (QED) is 0.195. The van der Waals surface area contributed by atoms with Gasteiger partial charge in [0.15, 0.2) is 23.0 Å². The molecule has 1 aliphatic carbocycles. The minimum Gasteiger partial charge on any atom is -0.504 e. The number of fused-ring (bicyclic) bond motifs is 6. The van der Waals surface area contributed by atoms with Crippen molar-refractivity contribution in [3.63, 3.8) is 0 Å². The van der Waals surface area contributed by atoms with Gasteiger partial charge in [-0.2, -0.15) is 5.26 Å². The average molecular weight is 683 g/mol.